The Morgan fingerprint density at radius 3 is 2.55 bits per heavy atom. The highest BCUT2D eigenvalue weighted by Gasteiger charge is 2.22. The van der Waals surface area contributed by atoms with Crippen molar-refractivity contribution in [2.24, 2.45) is 5.73 Å². The van der Waals surface area contributed by atoms with Crippen LogP contribution in [0.2, 0.25) is 0 Å². The number of ether oxygens (including phenoxy) is 1. The van der Waals surface area contributed by atoms with E-state index >= 15 is 0 Å². The number of hydrogen-bond acceptors (Lipinski definition) is 4. The molecule has 0 spiro atoms. The lowest BCUT2D eigenvalue weighted by Gasteiger charge is -2.23. The third kappa shape index (κ3) is 5.38. The molecule has 0 aromatic heterocycles. The molecule has 1 rings (SSSR count). The molecule has 6 nitrogen and oxygen atoms in total. The number of carbonyl (C=O) groups is 2. The summed E-state index contributed by atoms with van der Waals surface area (Å²) in [5, 5.41) is 8.83. The van der Waals surface area contributed by atoms with Gasteiger partial charge in [-0.3, -0.25) is 9.59 Å². The van der Waals surface area contributed by atoms with Crippen molar-refractivity contribution in [3.05, 3.63) is 35.9 Å². The van der Waals surface area contributed by atoms with E-state index in [0.717, 1.165) is 5.56 Å². The Hall–Kier alpha value is -1.92. The van der Waals surface area contributed by atoms with Crippen molar-refractivity contribution >= 4 is 11.9 Å². The number of nitrogens with two attached hydrogens (primary N) is 1. The van der Waals surface area contributed by atoms with Crippen molar-refractivity contribution in [2.45, 2.75) is 12.5 Å². The quantitative estimate of drug-likeness (QED) is 0.705. The summed E-state index contributed by atoms with van der Waals surface area (Å²) in [5.41, 5.74) is 6.81. The molecule has 0 aliphatic carbocycles. The lowest BCUT2D eigenvalue weighted by Crippen LogP contribution is -2.48. The zero-order valence-corrected chi connectivity index (χ0v) is 11.5. The number of rotatable bonds is 8. The molecule has 0 aliphatic rings. The van der Waals surface area contributed by atoms with Crippen molar-refractivity contribution in [3.63, 3.8) is 0 Å². The van der Waals surface area contributed by atoms with E-state index in [1.165, 1.54) is 12.0 Å². The van der Waals surface area contributed by atoms with Crippen LogP contribution in [0.4, 0.5) is 0 Å². The smallest absolute Gasteiger partial charge is 0.323 e. The first-order chi connectivity index (χ1) is 9.54. The molecule has 0 fully saturated rings. The maximum atomic E-state index is 12.2. The number of hydrogen-bond donors (Lipinski definition) is 2. The second kappa shape index (κ2) is 8.29. The van der Waals surface area contributed by atoms with E-state index in [2.05, 4.69) is 0 Å². The molecule has 0 saturated carbocycles. The van der Waals surface area contributed by atoms with Gasteiger partial charge in [0, 0.05) is 13.7 Å². The van der Waals surface area contributed by atoms with Crippen LogP contribution in [-0.4, -0.2) is 54.7 Å². The van der Waals surface area contributed by atoms with Gasteiger partial charge in [-0.05, 0) is 12.0 Å². The van der Waals surface area contributed by atoms with Gasteiger partial charge in [-0.25, -0.2) is 0 Å². The summed E-state index contributed by atoms with van der Waals surface area (Å²) in [5.74, 6) is -1.45. The molecule has 1 unspecified atom stereocenters. The zero-order chi connectivity index (χ0) is 15.0. The summed E-state index contributed by atoms with van der Waals surface area (Å²) in [7, 11) is 1.49. The van der Waals surface area contributed by atoms with E-state index in [0.29, 0.717) is 6.42 Å². The standard InChI is InChI=1S/C14H20N2O4/c1-20-8-7-16(10-13(17)18)14(19)12(15)9-11-5-3-2-4-6-11/h2-6,12H,7-10,15H2,1H3,(H,17,18). The zero-order valence-electron chi connectivity index (χ0n) is 11.5. The SMILES string of the molecule is COCCN(CC(=O)O)C(=O)C(N)Cc1ccccc1. The number of methoxy groups -OCH3 is 1. The van der Waals surface area contributed by atoms with Gasteiger partial charge in [0.2, 0.25) is 5.91 Å². The summed E-state index contributed by atoms with van der Waals surface area (Å²) in [6.45, 7) is 0.117. The first-order valence-corrected chi connectivity index (χ1v) is 6.33. The van der Waals surface area contributed by atoms with Crippen molar-refractivity contribution in [2.75, 3.05) is 26.8 Å². The van der Waals surface area contributed by atoms with Crippen LogP contribution < -0.4 is 5.73 Å². The number of amides is 1. The number of benzene rings is 1. The molecule has 0 aliphatic heterocycles. The Morgan fingerprint density at radius 1 is 1.35 bits per heavy atom. The average Bonchev–Trinajstić information content (AvgIpc) is 2.43. The van der Waals surface area contributed by atoms with Crippen molar-refractivity contribution in [1.82, 2.24) is 4.90 Å². The van der Waals surface area contributed by atoms with Crippen LogP contribution in [0.3, 0.4) is 0 Å². The predicted molar refractivity (Wildman–Crippen MR) is 74.2 cm³/mol. The van der Waals surface area contributed by atoms with Gasteiger partial charge >= 0.3 is 5.97 Å². The lowest BCUT2D eigenvalue weighted by atomic mass is 10.1. The Kier molecular flexibility index (Phi) is 6.69. The van der Waals surface area contributed by atoms with E-state index in [4.69, 9.17) is 15.6 Å². The highest BCUT2D eigenvalue weighted by Crippen LogP contribution is 2.04. The van der Waals surface area contributed by atoms with Gasteiger partial charge in [-0.15, -0.1) is 0 Å². The molecule has 6 heteroatoms. The summed E-state index contributed by atoms with van der Waals surface area (Å²) in [4.78, 5) is 24.2. The van der Waals surface area contributed by atoms with Crippen LogP contribution in [-0.2, 0) is 20.7 Å². The van der Waals surface area contributed by atoms with Crippen molar-refractivity contribution in [3.8, 4) is 0 Å². The van der Waals surface area contributed by atoms with Gasteiger partial charge in [0.1, 0.15) is 6.54 Å². The van der Waals surface area contributed by atoms with Crippen LogP contribution in [0.1, 0.15) is 5.56 Å². The van der Waals surface area contributed by atoms with Crippen LogP contribution in [0, 0.1) is 0 Å². The van der Waals surface area contributed by atoms with Gasteiger partial charge in [0.25, 0.3) is 0 Å². The number of nitrogens with zero attached hydrogens (tertiary/aromatic N) is 1. The van der Waals surface area contributed by atoms with Gasteiger partial charge in [-0.2, -0.15) is 0 Å². The second-order valence-corrected chi connectivity index (χ2v) is 4.44. The molecule has 0 bridgehead atoms. The number of carboxylic acids is 1. The fraction of sp³-hybridized carbons (Fsp3) is 0.429. The fourth-order valence-electron chi connectivity index (χ4n) is 1.82. The Bertz CT molecular complexity index is 436. The lowest BCUT2D eigenvalue weighted by molar-refractivity contribution is -0.145. The summed E-state index contributed by atoms with van der Waals surface area (Å²) < 4.78 is 4.87. The highest BCUT2D eigenvalue weighted by atomic mass is 16.5. The van der Waals surface area contributed by atoms with E-state index in [9.17, 15) is 9.59 Å². The van der Waals surface area contributed by atoms with Gasteiger partial charge in [0.05, 0.1) is 12.6 Å². The summed E-state index contributed by atoms with van der Waals surface area (Å²) >= 11 is 0. The van der Waals surface area contributed by atoms with Crippen molar-refractivity contribution < 1.29 is 19.4 Å². The molecule has 1 atom stereocenters. The topological polar surface area (TPSA) is 92.9 Å². The first-order valence-electron chi connectivity index (χ1n) is 6.33. The highest BCUT2D eigenvalue weighted by molar-refractivity contribution is 5.85. The predicted octanol–water partition coefficient (Wildman–Crippen LogP) is 0.116. The fourth-order valence-corrected chi connectivity index (χ4v) is 1.82. The molecule has 1 aromatic rings. The summed E-state index contributed by atoms with van der Waals surface area (Å²) in [6, 6.07) is 8.62. The molecule has 110 valence electrons. The van der Waals surface area contributed by atoms with Gasteiger partial charge in [0.15, 0.2) is 0 Å². The Labute approximate surface area is 118 Å². The number of carboxylic acid groups (broad SMARTS) is 1. The molecule has 0 radical (unpaired) electrons. The monoisotopic (exact) mass is 280 g/mol. The molecular formula is C14H20N2O4. The summed E-state index contributed by atoms with van der Waals surface area (Å²) in [6.07, 6.45) is 0.378. The normalized spacial score (nSPS) is 11.9. The van der Waals surface area contributed by atoms with E-state index < -0.39 is 12.0 Å². The van der Waals surface area contributed by atoms with E-state index in [1.54, 1.807) is 0 Å². The Morgan fingerprint density at radius 2 is 2.00 bits per heavy atom. The molecule has 20 heavy (non-hydrogen) atoms. The second-order valence-electron chi connectivity index (χ2n) is 4.44. The van der Waals surface area contributed by atoms with Gasteiger partial charge in [-0.1, -0.05) is 30.3 Å². The van der Waals surface area contributed by atoms with Crippen molar-refractivity contribution in [1.29, 1.82) is 0 Å². The third-order valence-corrected chi connectivity index (χ3v) is 2.82. The molecule has 1 amide bonds. The Balaban J connectivity index is 2.64. The van der Waals surface area contributed by atoms with E-state index in [1.807, 2.05) is 30.3 Å². The minimum Gasteiger partial charge on any atom is -0.480 e. The maximum Gasteiger partial charge on any atom is 0.323 e. The number of aliphatic carboxylic acids is 1. The van der Waals surface area contributed by atoms with Crippen LogP contribution >= 0.6 is 0 Å². The molecule has 0 saturated heterocycles. The first kappa shape index (κ1) is 16.1. The molecule has 0 heterocycles. The van der Waals surface area contributed by atoms with Crippen LogP contribution in [0.5, 0.6) is 0 Å². The molecular weight excluding hydrogens is 260 g/mol. The van der Waals surface area contributed by atoms with Crippen LogP contribution in [0.25, 0.3) is 0 Å². The maximum absolute atomic E-state index is 12.2. The van der Waals surface area contributed by atoms with Crippen LogP contribution in [0.15, 0.2) is 30.3 Å². The minimum absolute atomic E-state index is 0.212. The van der Waals surface area contributed by atoms with Gasteiger partial charge < -0.3 is 20.5 Å². The molecule has 3 N–H and O–H groups in total. The average molecular weight is 280 g/mol. The van der Waals surface area contributed by atoms with E-state index in [-0.39, 0.29) is 25.6 Å². The molecule has 1 aromatic carbocycles. The largest absolute Gasteiger partial charge is 0.480 e. The minimum atomic E-state index is -1.07. The number of carbonyl (C=O) groups excluding carboxylic acids is 1. The third-order valence-electron chi connectivity index (χ3n) is 2.82.